The van der Waals surface area contributed by atoms with Gasteiger partial charge in [0.05, 0.1) is 18.4 Å². The van der Waals surface area contributed by atoms with Crippen molar-refractivity contribution < 1.29 is 37.1 Å². The van der Waals surface area contributed by atoms with Crippen molar-refractivity contribution >= 4 is 50.7 Å². The average Bonchev–Trinajstić information content (AvgIpc) is 3.98. The quantitative estimate of drug-likeness (QED) is 0.369. The highest BCUT2D eigenvalue weighted by Crippen LogP contribution is 2.45. The van der Waals surface area contributed by atoms with Crippen LogP contribution in [0.25, 0.3) is 16.8 Å². The molecule has 1 saturated heterocycles. The third kappa shape index (κ3) is 6.75. The highest BCUT2D eigenvalue weighted by Gasteiger charge is 2.62. The number of nitrogens with zero attached hydrogens (tertiary/aromatic N) is 2. The van der Waals surface area contributed by atoms with E-state index in [-0.39, 0.29) is 31.9 Å². The third-order valence-corrected chi connectivity index (χ3v) is 12.2. The number of pyridine rings is 1. The number of rotatable bonds is 7. The minimum atomic E-state index is -3.87. The largest absolute Gasteiger partial charge is 0.472 e. The number of hydrogen-bond acceptors (Lipinski definition) is 9. The summed E-state index contributed by atoms with van der Waals surface area (Å²) in [4.78, 5) is 60.7. The Morgan fingerprint density at radius 3 is 2.65 bits per heavy atom. The zero-order chi connectivity index (χ0) is 34.3. The van der Waals surface area contributed by atoms with Crippen LogP contribution in [0.15, 0.2) is 49.2 Å². The number of benzene rings is 1. The fraction of sp³-hybridized carbons (Fsp3) is 0.514. The summed E-state index contributed by atoms with van der Waals surface area (Å²) < 4.78 is 39.3. The van der Waals surface area contributed by atoms with Crippen LogP contribution in [0.3, 0.4) is 0 Å². The van der Waals surface area contributed by atoms with Gasteiger partial charge in [0.15, 0.2) is 0 Å². The first-order valence-electron chi connectivity index (χ1n) is 17.0. The van der Waals surface area contributed by atoms with Crippen molar-refractivity contribution in [2.45, 2.75) is 86.8 Å². The summed E-state index contributed by atoms with van der Waals surface area (Å²) in [5.74, 6) is -2.15. The molecule has 3 saturated carbocycles. The Labute approximate surface area is 284 Å². The number of nitrogens with one attached hydrogen (secondary N) is 3. The van der Waals surface area contributed by atoms with Gasteiger partial charge in [0.25, 0.3) is 5.91 Å². The second-order valence-corrected chi connectivity index (χ2v) is 15.7. The predicted octanol–water partition coefficient (Wildman–Crippen LogP) is 2.95. The number of cyclic esters (lactones) is 1. The molecule has 260 valence electrons. The van der Waals surface area contributed by atoms with E-state index in [2.05, 4.69) is 26.9 Å². The number of carbonyl (C=O) groups excluding carboxylic acids is 4. The lowest BCUT2D eigenvalue weighted by molar-refractivity contribution is -0.142. The van der Waals surface area contributed by atoms with E-state index in [1.165, 1.54) is 11.0 Å². The SMILES string of the molecule is C=C[C@@H]1CC1(NC(=O)[C@@H]1C[C@@H]2CN1C(=O)[C@H](C1CCC1)NC(=O)OCCC/C=C/c1ccc3ccnc(c3c1)O2)C(=O)NS(=O)(=O)C1CC1. The molecule has 5 atom stereocenters. The molecule has 4 fully saturated rings. The lowest BCUT2D eigenvalue weighted by Crippen LogP contribution is -2.59. The Balaban J connectivity index is 1.20. The van der Waals surface area contributed by atoms with Crippen LogP contribution in [0, 0.1) is 11.8 Å². The summed E-state index contributed by atoms with van der Waals surface area (Å²) in [7, 11) is -3.87. The molecule has 7 rings (SSSR count). The van der Waals surface area contributed by atoms with E-state index in [1.54, 1.807) is 6.20 Å². The van der Waals surface area contributed by atoms with Crippen LogP contribution in [0.2, 0.25) is 0 Å². The van der Waals surface area contributed by atoms with Gasteiger partial charge in [-0.1, -0.05) is 36.8 Å². The van der Waals surface area contributed by atoms with Gasteiger partial charge < -0.3 is 25.0 Å². The van der Waals surface area contributed by atoms with Crippen LogP contribution < -0.4 is 20.1 Å². The smallest absolute Gasteiger partial charge is 0.407 e. The summed E-state index contributed by atoms with van der Waals surface area (Å²) in [6, 6.07) is 5.80. The second-order valence-electron chi connectivity index (χ2n) is 13.8. The summed E-state index contributed by atoms with van der Waals surface area (Å²) in [6.45, 7) is 3.96. The Kier molecular flexibility index (Phi) is 8.84. The maximum Gasteiger partial charge on any atom is 0.407 e. The van der Waals surface area contributed by atoms with Gasteiger partial charge in [0, 0.05) is 23.9 Å². The van der Waals surface area contributed by atoms with Crippen LogP contribution in [-0.4, -0.2) is 84.2 Å². The van der Waals surface area contributed by atoms with Crippen LogP contribution in [-0.2, 0) is 29.1 Å². The van der Waals surface area contributed by atoms with Gasteiger partial charge in [-0.25, -0.2) is 18.2 Å². The van der Waals surface area contributed by atoms with Crippen molar-refractivity contribution in [1.29, 1.82) is 0 Å². The van der Waals surface area contributed by atoms with Crippen molar-refractivity contribution in [3.05, 3.63) is 54.8 Å². The van der Waals surface area contributed by atoms with Crippen LogP contribution >= 0.6 is 0 Å². The maximum atomic E-state index is 14.3. The van der Waals surface area contributed by atoms with E-state index in [9.17, 15) is 27.6 Å². The third-order valence-electron chi connectivity index (χ3n) is 10.3. The van der Waals surface area contributed by atoms with E-state index in [1.807, 2.05) is 36.4 Å². The maximum absolute atomic E-state index is 14.3. The first kappa shape index (κ1) is 33.1. The second kappa shape index (κ2) is 13.1. The molecule has 3 aliphatic carbocycles. The Bertz CT molecular complexity index is 1820. The van der Waals surface area contributed by atoms with Crippen molar-refractivity contribution in [3.8, 4) is 5.88 Å². The molecule has 0 spiro atoms. The number of sulfonamides is 1. The molecule has 1 unspecified atom stereocenters. The van der Waals surface area contributed by atoms with Crippen molar-refractivity contribution in [2.24, 2.45) is 11.8 Å². The van der Waals surface area contributed by atoms with E-state index in [0.717, 1.165) is 35.6 Å². The first-order chi connectivity index (χ1) is 23.6. The van der Waals surface area contributed by atoms with Gasteiger partial charge in [0.2, 0.25) is 27.7 Å². The normalized spacial score (nSPS) is 29.8. The topological polar surface area (TPSA) is 173 Å². The molecule has 2 aromatic rings. The average molecular weight is 692 g/mol. The number of allylic oxidation sites excluding steroid dienone is 1. The number of hydrogen-bond donors (Lipinski definition) is 3. The lowest BCUT2D eigenvalue weighted by Gasteiger charge is -2.36. The number of ether oxygens (including phenoxy) is 2. The van der Waals surface area contributed by atoms with E-state index >= 15 is 0 Å². The molecular weight excluding hydrogens is 650 g/mol. The molecule has 4 bridgehead atoms. The zero-order valence-electron chi connectivity index (χ0n) is 27.1. The summed E-state index contributed by atoms with van der Waals surface area (Å²) >= 11 is 0. The molecule has 3 N–H and O–H groups in total. The number of aromatic nitrogens is 1. The van der Waals surface area contributed by atoms with E-state index in [0.29, 0.717) is 31.6 Å². The van der Waals surface area contributed by atoms with E-state index < -0.39 is 68.7 Å². The molecule has 2 aliphatic heterocycles. The summed E-state index contributed by atoms with van der Waals surface area (Å²) in [5, 5.41) is 6.65. The predicted molar refractivity (Wildman–Crippen MR) is 179 cm³/mol. The number of carbonyl (C=O) groups is 4. The van der Waals surface area contributed by atoms with Crippen molar-refractivity contribution in [2.75, 3.05) is 13.2 Å². The van der Waals surface area contributed by atoms with Gasteiger partial charge in [-0.15, -0.1) is 6.58 Å². The van der Waals surface area contributed by atoms with Crippen LogP contribution in [0.4, 0.5) is 4.79 Å². The molecule has 14 heteroatoms. The summed E-state index contributed by atoms with van der Waals surface area (Å²) in [6.07, 6.45) is 10.6. The minimum Gasteiger partial charge on any atom is -0.472 e. The lowest BCUT2D eigenvalue weighted by atomic mass is 9.79. The van der Waals surface area contributed by atoms with Gasteiger partial charge in [0.1, 0.15) is 23.7 Å². The number of alkyl carbamates (subject to hydrolysis) is 1. The Morgan fingerprint density at radius 2 is 1.94 bits per heavy atom. The molecule has 3 heterocycles. The molecule has 5 aliphatic rings. The first-order valence-corrected chi connectivity index (χ1v) is 18.6. The fourth-order valence-electron chi connectivity index (χ4n) is 7.00. The molecule has 4 amide bonds. The van der Waals surface area contributed by atoms with Crippen LogP contribution in [0.1, 0.15) is 63.4 Å². The fourth-order valence-corrected chi connectivity index (χ4v) is 8.36. The summed E-state index contributed by atoms with van der Waals surface area (Å²) in [5.41, 5.74) is -0.584. The van der Waals surface area contributed by atoms with Gasteiger partial charge in [-0.05, 0) is 73.9 Å². The molecule has 1 aromatic heterocycles. The van der Waals surface area contributed by atoms with Gasteiger partial charge >= 0.3 is 6.09 Å². The van der Waals surface area contributed by atoms with Gasteiger partial charge in [-0.2, -0.15) is 0 Å². The standard InChI is InChI=1S/C35H41N5O8S/c1-2-24-19-35(24,33(43)39-49(45,46)26-12-13-26)38-30(41)28-18-25-20-40(28)32(42)29(23-8-6-9-23)37-34(44)47-16-5-3-4-7-21-10-11-22-14-15-36-31(48-25)27(22)17-21/h2,4,7,10-11,14-15,17,23-26,28-29H,1,3,5-6,8-9,12-13,16,18-20H2,(H,37,44)(H,38,41)(H,39,43)/b7-4+/t24-,25-,28+,29+,35?/m1/s1. The molecule has 0 radical (unpaired) electrons. The Morgan fingerprint density at radius 1 is 1.12 bits per heavy atom. The monoisotopic (exact) mass is 691 g/mol. The van der Waals surface area contributed by atoms with Crippen LogP contribution in [0.5, 0.6) is 5.88 Å². The molecule has 13 nitrogen and oxygen atoms in total. The van der Waals surface area contributed by atoms with Gasteiger partial charge in [-0.3, -0.25) is 19.1 Å². The Hall–Kier alpha value is -4.46. The number of fused-ring (bicyclic) bond motifs is 3. The van der Waals surface area contributed by atoms with Crippen molar-refractivity contribution in [1.82, 2.24) is 25.2 Å². The molecular formula is C35H41N5O8S. The zero-order valence-corrected chi connectivity index (χ0v) is 28.0. The highest BCUT2D eigenvalue weighted by molar-refractivity contribution is 7.91. The molecule has 1 aromatic carbocycles. The highest BCUT2D eigenvalue weighted by atomic mass is 32.2. The van der Waals surface area contributed by atoms with E-state index in [4.69, 9.17) is 9.47 Å². The number of amides is 4. The van der Waals surface area contributed by atoms with Crippen molar-refractivity contribution in [3.63, 3.8) is 0 Å². The minimum absolute atomic E-state index is 0.0225. The molecule has 49 heavy (non-hydrogen) atoms.